The Balaban J connectivity index is 2.09. The van der Waals surface area contributed by atoms with Crippen molar-refractivity contribution in [3.05, 3.63) is 35.5 Å². The summed E-state index contributed by atoms with van der Waals surface area (Å²) >= 11 is 0. The molecule has 0 aliphatic heterocycles. The predicted octanol–water partition coefficient (Wildman–Crippen LogP) is 3.75. The fourth-order valence-electron chi connectivity index (χ4n) is 2.43. The molecule has 0 bridgehead atoms. The Hall–Kier alpha value is -1.35. The molecule has 0 saturated carbocycles. The summed E-state index contributed by atoms with van der Waals surface area (Å²) in [6.07, 6.45) is 2.97. The van der Waals surface area contributed by atoms with E-state index >= 15 is 0 Å². The van der Waals surface area contributed by atoms with Crippen LogP contribution in [0.15, 0.2) is 24.4 Å². The van der Waals surface area contributed by atoms with Gasteiger partial charge in [0.2, 0.25) is 0 Å². The zero-order valence-corrected chi connectivity index (χ0v) is 12.2. The number of benzene rings is 1. The van der Waals surface area contributed by atoms with Gasteiger partial charge in [0.05, 0.1) is 0 Å². The zero-order valence-electron chi connectivity index (χ0n) is 12.2. The predicted molar refractivity (Wildman–Crippen MR) is 79.4 cm³/mol. The van der Waals surface area contributed by atoms with Crippen LogP contribution < -0.4 is 5.32 Å². The maximum Gasteiger partial charge on any atom is 0.117 e. The van der Waals surface area contributed by atoms with Crippen molar-refractivity contribution in [1.29, 1.82) is 0 Å². The third-order valence-electron chi connectivity index (χ3n) is 3.39. The van der Waals surface area contributed by atoms with Gasteiger partial charge in [-0.2, -0.15) is 0 Å². The van der Waals surface area contributed by atoms with Gasteiger partial charge >= 0.3 is 0 Å². The van der Waals surface area contributed by atoms with E-state index in [1.54, 1.807) is 13.8 Å². The summed E-state index contributed by atoms with van der Waals surface area (Å²) in [5.41, 5.74) is 2.59. The number of halogens is 1. The first-order valence-electron chi connectivity index (χ1n) is 6.85. The summed E-state index contributed by atoms with van der Waals surface area (Å²) < 4.78 is 13.5. The minimum Gasteiger partial charge on any atom is -0.361 e. The van der Waals surface area contributed by atoms with Gasteiger partial charge in [-0.3, -0.25) is 0 Å². The molecule has 0 aliphatic rings. The molecule has 1 aromatic heterocycles. The quantitative estimate of drug-likeness (QED) is 0.844. The van der Waals surface area contributed by atoms with Crippen LogP contribution in [-0.2, 0) is 6.42 Å². The zero-order chi connectivity index (χ0) is 14.0. The molecule has 2 N–H and O–H groups in total. The monoisotopic (exact) mass is 262 g/mol. The van der Waals surface area contributed by atoms with Gasteiger partial charge < -0.3 is 10.3 Å². The average Bonchev–Trinajstić information content (AvgIpc) is 2.70. The van der Waals surface area contributed by atoms with Crippen molar-refractivity contribution in [3.63, 3.8) is 0 Å². The molecule has 0 aliphatic carbocycles. The smallest absolute Gasteiger partial charge is 0.117 e. The number of hydrogen-bond donors (Lipinski definition) is 2. The summed E-state index contributed by atoms with van der Waals surface area (Å²) in [4.78, 5) is 3.30. The fourth-order valence-corrected chi connectivity index (χ4v) is 2.43. The van der Waals surface area contributed by atoms with Crippen LogP contribution in [0.3, 0.4) is 0 Å². The maximum atomic E-state index is 13.5. The molecule has 2 rings (SSSR count). The fraction of sp³-hybridized carbons (Fsp3) is 0.500. The second-order valence-electron chi connectivity index (χ2n) is 6.02. The molecule has 1 atom stereocenters. The number of aromatic amines is 1. The number of aromatic nitrogens is 1. The summed E-state index contributed by atoms with van der Waals surface area (Å²) in [5.74, 6) is 0. The van der Waals surface area contributed by atoms with E-state index in [-0.39, 0.29) is 6.04 Å². The summed E-state index contributed by atoms with van der Waals surface area (Å²) in [5, 5.41) is 4.56. The normalized spacial score (nSPS) is 13.9. The van der Waals surface area contributed by atoms with E-state index in [1.807, 2.05) is 0 Å². The molecule has 0 amide bonds. The number of H-pyrrole nitrogens is 1. The Bertz CT molecular complexity index is 551. The minimum absolute atomic E-state index is 0.258. The van der Waals surface area contributed by atoms with E-state index in [4.69, 9.17) is 0 Å². The van der Waals surface area contributed by atoms with Crippen LogP contribution >= 0.6 is 0 Å². The Kier molecular flexibility index (Phi) is 3.95. The van der Waals surface area contributed by atoms with E-state index in [2.05, 4.69) is 48.5 Å². The van der Waals surface area contributed by atoms with Gasteiger partial charge in [-0.15, -0.1) is 0 Å². The number of rotatable bonds is 5. The lowest BCUT2D eigenvalue weighted by Gasteiger charge is -2.19. The highest BCUT2D eigenvalue weighted by Gasteiger charge is 2.17. The number of aryl methyl sites for hydroxylation is 1. The second-order valence-corrected chi connectivity index (χ2v) is 6.02. The third-order valence-corrected chi connectivity index (χ3v) is 3.39. The van der Waals surface area contributed by atoms with E-state index in [0.717, 1.165) is 6.42 Å². The van der Waals surface area contributed by atoms with Crippen LogP contribution in [0.1, 0.15) is 31.9 Å². The summed E-state index contributed by atoms with van der Waals surface area (Å²) in [6, 6.07) is 6.54. The molecule has 2 nitrogen and oxygen atoms in total. The van der Waals surface area contributed by atoms with E-state index in [0.29, 0.717) is 6.54 Å². The van der Waals surface area contributed by atoms with E-state index in [1.165, 1.54) is 22.0 Å². The Labute approximate surface area is 114 Å². The van der Waals surface area contributed by atoms with E-state index < -0.39 is 5.67 Å². The highest BCUT2D eigenvalue weighted by atomic mass is 19.1. The topological polar surface area (TPSA) is 27.8 Å². The Morgan fingerprint density at radius 2 is 2.11 bits per heavy atom. The van der Waals surface area contributed by atoms with Gasteiger partial charge in [-0.1, -0.05) is 12.1 Å². The number of nitrogens with one attached hydrogen (secondary N) is 2. The van der Waals surface area contributed by atoms with Crippen molar-refractivity contribution in [3.8, 4) is 0 Å². The van der Waals surface area contributed by atoms with Crippen molar-refractivity contribution in [2.45, 2.75) is 45.8 Å². The molecule has 0 spiro atoms. The summed E-state index contributed by atoms with van der Waals surface area (Å²) in [6.45, 7) is 7.81. The number of alkyl halides is 1. The molecule has 0 saturated heterocycles. The molecular weight excluding hydrogens is 239 g/mol. The molecule has 19 heavy (non-hydrogen) atoms. The largest absolute Gasteiger partial charge is 0.361 e. The van der Waals surface area contributed by atoms with Gasteiger partial charge in [0.1, 0.15) is 5.67 Å². The van der Waals surface area contributed by atoms with Crippen LogP contribution in [0.2, 0.25) is 0 Å². The SMILES string of the molecule is Cc1cccc2[nH]cc(CC(C)NCC(C)(C)F)c12. The average molecular weight is 262 g/mol. The molecule has 2 aromatic rings. The van der Waals surface area contributed by atoms with Crippen LogP contribution in [0, 0.1) is 6.92 Å². The van der Waals surface area contributed by atoms with Crippen molar-refractivity contribution in [2.75, 3.05) is 6.54 Å². The molecule has 104 valence electrons. The minimum atomic E-state index is -1.16. The maximum absolute atomic E-state index is 13.5. The van der Waals surface area contributed by atoms with E-state index in [9.17, 15) is 4.39 Å². The highest BCUT2D eigenvalue weighted by molar-refractivity contribution is 5.86. The van der Waals surface area contributed by atoms with Gasteiger partial charge in [0.15, 0.2) is 0 Å². The first kappa shape index (κ1) is 14.1. The lowest BCUT2D eigenvalue weighted by atomic mass is 10.0. The third kappa shape index (κ3) is 3.57. The molecule has 1 heterocycles. The second kappa shape index (κ2) is 5.33. The molecule has 0 radical (unpaired) electrons. The lowest BCUT2D eigenvalue weighted by molar-refractivity contribution is 0.204. The first-order chi connectivity index (χ1) is 8.87. The van der Waals surface area contributed by atoms with Gasteiger partial charge in [0.25, 0.3) is 0 Å². The lowest BCUT2D eigenvalue weighted by Crippen LogP contribution is -2.37. The number of fused-ring (bicyclic) bond motifs is 1. The molecule has 1 unspecified atom stereocenters. The van der Waals surface area contributed by atoms with Crippen molar-refractivity contribution in [1.82, 2.24) is 10.3 Å². The van der Waals surface area contributed by atoms with Gasteiger partial charge in [-0.05, 0) is 51.3 Å². The van der Waals surface area contributed by atoms with Crippen LogP contribution in [-0.4, -0.2) is 23.2 Å². The van der Waals surface area contributed by atoms with Crippen LogP contribution in [0.4, 0.5) is 4.39 Å². The van der Waals surface area contributed by atoms with Crippen molar-refractivity contribution in [2.24, 2.45) is 0 Å². The van der Waals surface area contributed by atoms with Crippen LogP contribution in [0.25, 0.3) is 10.9 Å². The number of hydrogen-bond acceptors (Lipinski definition) is 1. The van der Waals surface area contributed by atoms with Crippen molar-refractivity contribution >= 4 is 10.9 Å². The Morgan fingerprint density at radius 1 is 1.37 bits per heavy atom. The highest BCUT2D eigenvalue weighted by Crippen LogP contribution is 2.23. The molecule has 1 aromatic carbocycles. The first-order valence-corrected chi connectivity index (χ1v) is 6.85. The molecule has 0 fully saturated rings. The van der Waals surface area contributed by atoms with Crippen LogP contribution in [0.5, 0.6) is 0 Å². The van der Waals surface area contributed by atoms with Crippen molar-refractivity contribution < 1.29 is 4.39 Å². The summed E-state index contributed by atoms with van der Waals surface area (Å²) in [7, 11) is 0. The van der Waals surface area contributed by atoms with Gasteiger partial charge in [0, 0.05) is 29.7 Å². The Morgan fingerprint density at radius 3 is 2.79 bits per heavy atom. The van der Waals surface area contributed by atoms with Gasteiger partial charge in [-0.25, -0.2) is 4.39 Å². The molecule has 3 heteroatoms. The molecular formula is C16H23FN2. The standard InChI is InChI=1S/C16H23FN2/c1-11-6-5-7-14-15(11)13(9-18-14)8-12(2)19-10-16(3,4)17/h5-7,9,12,18-19H,8,10H2,1-4H3.